The van der Waals surface area contributed by atoms with Crippen molar-refractivity contribution in [1.29, 1.82) is 0 Å². The molecular formula is C9H17NO4. The summed E-state index contributed by atoms with van der Waals surface area (Å²) in [6, 6.07) is 0. The van der Waals surface area contributed by atoms with E-state index in [1.54, 1.807) is 20.8 Å². The van der Waals surface area contributed by atoms with Gasteiger partial charge in [0.15, 0.2) is 0 Å². The van der Waals surface area contributed by atoms with Crippen LogP contribution < -0.4 is 5.32 Å². The zero-order valence-electron chi connectivity index (χ0n) is 8.79. The van der Waals surface area contributed by atoms with Crippen molar-refractivity contribution in [3.63, 3.8) is 0 Å². The van der Waals surface area contributed by atoms with Crippen LogP contribution in [-0.2, 0) is 9.53 Å². The summed E-state index contributed by atoms with van der Waals surface area (Å²) < 4.78 is 4.83. The number of hydrogen-bond donors (Lipinski definition) is 2. The smallest absolute Gasteiger partial charge is 0.405 e. The first-order chi connectivity index (χ1) is 6.52. The maximum absolute atomic E-state index is 11.5. The second kappa shape index (κ2) is 5.47. The average molecular weight is 203 g/mol. The van der Waals surface area contributed by atoms with Gasteiger partial charge >= 0.3 is 12.1 Å². The number of nitrogens with one attached hydrogen (secondary N) is 1. The van der Waals surface area contributed by atoms with E-state index in [0.717, 1.165) is 0 Å². The Kier molecular flexibility index (Phi) is 4.97. The molecule has 0 radical (unpaired) electrons. The fourth-order valence-corrected chi connectivity index (χ4v) is 1.24. The van der Waals surface area contributed by atoms with E-state index in [0.29, 0.717) is 12.8 Å². The van der Waals surface area contributed by atoms with Gasteiger partial charge in [-0.2, -0.15) is 0 Å². The van der Waals surface area contributed by atoms with E-state index in [1.165, 1.54) is 0 Å². The van der Waals surface area contributed by atoms with Crippen molar-refractivity contribution in [3.05, 3.63) is 0 Å². The third-order valence-corrected chi connectivity index (χ3v) is 2.22. The molecular weight excluding hydrogens is 186 g/mol. The molecule has 0 aliphatic carbocycles. The minimum atomic E-state index is -1.21. The Morgan fingerprint density at radius 1 is 1.29 bits per heavy atom. The summed E-state index contributed by atoms with van der Waals surface area (Å²) in [4.78, 5) is 22.0. The van der Waals surface area contributed by atoms with Gasteiger partial charge in [0, 0.05) is 0 Å². The van der Waals surface area contributed by atoms with Crippen molar-refractivity contribution in [2.24, 2.45) is 0 Å². The maximum atomic E-state index is 11.5. The van der Waals surface area contributed by atoms with Crippen LogP contribution in [0.2, 0.25) is 0 Å². The van der Waals surface area contributed by atoms with Crippen molar-refractivity contribution < 1.29 is 19.4 Å². The van der Waals surface area contributed by atoms with Crippen molar-refractivity contribution in [3.8, 4) is 0 Å². The molecule has 0 aliphatic heterocycles. The minimum Gasteiger partial charge on any atom is -0.465 e. The highest BCUT2D eigenvalue weighted by molar-refractivity contribution is 5.85. The molecule has 82 valence electrons. The van der Waals surface area contributed by atoms with E-state index in [9.17, 15) is 9.59 Å². The molecule has 0 aromatic heterocycles. The monoisotopic (exact) mass is 203 g/mol. The molecule has 0 rings (SSSR count). The second-order valence-electron chi connectivity index (χ2n) is 2.94. The molecule has 0 spiro atoms. The second-order valence-corrected chi connectivity index (χ2v) is 2.94. The average Bonchev–Trinajstić information content (AvgIpc) is 2.14. The van der Waals surface area contributed by atoms with Crippen LogP contribution in [0.5, 0.6) is 0 Å². The van der Waals surface area contributed by atoms with Gasteiger partial charge in [0.05, 0.1) is 6.61 Å². The zero-order valence-corrected chi connectivity index (χ0v) is 8.79. The Bertz CT molecular complexity index is 211. The van der Waals surface area contributed by atoms with E-state index in [1.807, 2.05) is 0 Å². The van der Waals surface area contributed by atoms with Gasteiger partial charge in [-0.15, -0.1) is 0 Å². The van der Waals surface area contributed by atoms with Crippen molar-refractivity contribution in [2.45, 2.75) is 39.2 Å². The minimum absolute atomic E-state index is 0.252. The number of carbonyl (C=O) groups excluding carboxylic acids is 1. The molecule has 0 bridgehead atoms. The molecule has 0 atom stereocenters. The lowest BCUT2D eigenvalue weighted by molar-refractivity contribution is -0.151. The van der Waals surface area contributed by atoms with Crippen LogP contribution in [0.1, 0.15) is 33.6 Å². The molecule has 0 aromatic carbocycles. The third kappa shape index (κ3) is 2.90. The molecule has 0 saturated carbocycles. The maximum Gasteiger partial charge on any atom is 0.405 e. The SMILES string of the molecule is CCOC(=O)C(CC)(CC)NC(=O)O. The van der Waals surface area contributed by atoms with Gasteiger partial charge in [0.1, 0.15) is 5.54 Å². The van der Waals surface area contributed by atoms with Gasteiger partial charge in [-0.1, -0.05) is 13.8 Å². The Balaban J connectivity index is 4.67. The lowest BCUT2D eigenvalue weighted by atomic mass is 9.93. The molecule has 0 saturated heterocycles. The highest BCUT2D eigenvalue weighted by atomic mass is 16.5. The summed E-state index contributed by atoms with van der Waals surface area (Å²) in [5, 5.41) is 10.8. The Morgan fingerprint density at radius 3 is 2.07 bits per heavy atom. The highest BCUT2D eigenvalue weighted by Crippen LogP contribution is 2.17. The molecule has 0 aromatic rings. The normalized spacial score (nSPS) is 10.8. The van der Waals surface area contributed by atoms with Gasteiger partial charge in [0.25, 0.3) is 0 Å². The van der Waals surface area contributed by atoms with Crippen molar-refractivity contribution >= 4 is 12.1 Å². The van der Waals surface area contributed by atoms with Crippen molar-refractivity contribution in [2.75, 3.05) is 6.61 Å². The molecule has 14 heavy (non-hydrogen) atoms. The van der Waals surface area contributed by atoms with Crippen LogP contribution in [0.4, 0.5) is 4.79 Å². The lowest BCUT2D eigenvalue weighted by Crippen LogP contribution is -2.54. The van der Waals surface area contributed by atoms with E-state index in [2.05, 4.69) is 5.32 Å². The van der Waals surface area contributed by atoms with Gasteiger partial charge in [-0.25, -0.2) is 9.59 Å². The largest absolute Gasteiger partial charge is 0.465 e. The van der Waals surface area contributed by atoms with Gasteiger partial charge in [-0.05, 0) is 19.8 Å². The molecule has 0 aliphatic rings. The van der Waals surface area contributed by atoms with Gasteiger partial charge in [0.2, 0.25) is 0 Å². The summed E-state index contributed by atoms with van der Waals surface area (Å²) in [6.45, 7) is 5.43. The summed E-state index contributed by atoms with van der Waals surface area (Å²) in [5.74, 6) is -0.507. The predicted molar refractivity (Wildman–Crippen MR) is 51.1 cm³/mol. The molecule has 0 unspecified atom stereocenters. The van der Waals surface area contributed by atoms with Gasteiger partial charge < -0.3 is 15.2 Å². The molecule has 5 nitrogen and oxygen atoms in total. The van der Waals surface area contributed by atoms with Crippen LogP contribution in [0.15, 0.2) is 0 Å². The van der Waals surface area contributed by atoms with E-state index >= 15 is 0 Å². The molecule has 2 N–H and O–H groups in total. The third-order valence-electron chi connectivity index (χ3n) is 2.22. The fraction of sp³-hybridized carbons (Fsp3) is 0.778. The Morgan fingerprint density at radius 2 is 1.79 bits per heavy atom. The van der Waals surface area contributed by atoms with E-state index in [4.69, 9.17) is 9.84 Å². The van der Waals surface area contributed by atoms with Crippen molar-refractivity contribution in [1.82, 2.24) is 5.32 Å². The molecule has 5 heteroatoms. The number of carboxylic acid groups (broad SMARTS) is 1. The summed E-state index contributed by atoms with van der Waals surface area (Å²) in [6.07, 6.45) is -0.440. The first-order valence-electron chi connectivity index (χ1n) is 4.70. The predicted octanol–water partition coefficient (Wildman–Crippen LogP) is 1.38. The number of hydrogen-bond acceptors (Lipinski definition) is 3. The molecule has 0 fully saturated rings. The van der Waals surface area contributed by atoms with Crippen LogP contribution >= 0.6 is 0 Å². The van der Waals surface area contributed by atoms with E-state index < -0.39 is 17.6 Å². The number of rotatable bonds is 5. The topological polar surface area (TPSA) is 75.6 Å². The van der Waals surface area contributed by atoms with Gasteiger partial charge in [-0.3, -0.25) is 0 Å². The highest BCUT2D eigenvalue weighted by Gasteiger charge is 2.37. The number of ether oxygens (including phenoxy) is 1. The first kappa shape index (κ1) is 12.7. The first-order valence-corrected chi connectivity index (χ1v) is 4.70. The van der Waals surface area contributed by atoms with Crippen LogP contribution in [0, 0.1) is 0 Å². The molecule has 0 heterocycles. The summed E-state index contributed by atoms with van der Waals surface area (Å²) in [5.41, 5.74) is -1.10. The Hall–Kier alpha value is -1.26. The summed E-state index contributed by atoms with van der Waals surface area (Å²) >= 11 is 0. The number of esters is 1. The number of carbonyl (C=O) groups is 2. The molecule has 1 amide bonds. The number of amides is 1. The fourth-order valence-electron chi connectivity index (χ4n) is 1.24. The van der Waals surface area contributed by atoms with Crippen LogP contribution in [0.3, 0.4) is 0 Å². The van der Waals surface area contributed by atoms with E-state index in [-0.39, 0.29) is 6.61 Å². The standard InChI is InChI=1S/C9H17NO4/c1-4-9(5-2,10-8(12)13)7(11)14-6-3/h10H,4-6H2,1-3H3,(H,12,13). The lowest BCUT2D eigenvalue weighted by Gasteiger charge is -2.28. The Labute approximate surface area is 83.4 Å². The zero-order chi connectivity index (χ0) is 11.2. The van der Waals surface area contributed by atoms with Crippen LogP contribution in [0.25, 0.3) is 0 Å². The quantitative estimate of drug-likeness (QED) is 0.662. The van der Waals surface area contributed by atoms with Crippen LogP contribution in [-0.4, -0.2) is 29.3 Å². The summed E-state index contributed by atoms with van der Waals surface area (Å²) in [7, 11) is 0.